The summed E-state index contributed by atoms with van der Waals surface area (Å²) in [7, 11) is 1.71. The molecule has 3 rings (SSSR count). The van der Waals surface area contributed by atoms with Gasteiger partial charge in [-0.05, 0) is 37.8 Å². The highest BCUT2D eigenvalue weighted by Gasteiger charge is 2.25. The lowest BCUT2D eigenvalue weighted by Crippen LogP contribution is -2.17. The van der Waals surface area contributed by atoms with Gasteiger partial charge in [0, 0.05) is 29.6 Å². The molecule has 23 heavy (non-hydrogen) atoms. The molecular formula is C17H21N3OS2. The van der Waals surface area contributed by atoms with Crippen molar-refractivity contribution in [2.75, 3.05) is 7.11 Å². The number of allylic oxidation sites excluding steroid dienone is 1. The number of nitrogens with zero attached hydrogens (tertiary/aromatic N) is 3. The fraction of sp³-hybridized carbons (Fsp3) is 0.471. The average molecular weight is 348 g/mol. The smallest absolute Gasteiger partial charge is 0.158 e. The van der Waals surface area contributed by atoms with Gasteiger partial charge in [0.05, 0.1) is 5.69 Å². The molecule has 0 amide bonds. The first-order chi connectivity index (χ1) is 11.1. The Morgan fingerprint density at radius 3 is 2.78 bits per heavy atom. The molecule has 2 aromatic rings. The molecule has 1 aliphatic carbocycles. The van der Waals surface area contributed by atoms with Crippen LogP contribution >= 0.6 is 23.1 Å². The molecule has 0 N–H and O–H groups in total. The van der Waals surface area contributed by atoms with Gasteiger partial charge in [0.25, 0.3) is 0 Å². The monoisotopic (exact) mass is 347 g/mol. The van der Waals surface area contributed by atoms with Crippen molar-refractivity contribution in [1.29, 1.82) is 0 Å². The molecule has 1 aliphatic rings. The summed E-state index contributed by atoms with van der Waals surface area (Å²) in [6, 6.07) is 0. The Morgan fingerprint density at radius 2 is 2.09 bits per heavy atom. The molecule has 0 saturated heterocycles. The van der Waals surface area contributed by atoms with Gasteiger partial charge in [-0.2, -0.15) is 0 Å². The number of thiazole rings is 1. The maximum atomic E-state index is 5.65. The second-order valence-corrected chi connectivity index (χ2v) is 8.63. The van der Waals surface area contributed by atoms with Crippen LogP contribution in [0.1, 0.15) is 41.9 Å². The summed E-state index contributed by atoms with van der Waals surface area (Å²) in [5, 5.41) is 0.191. The van der Waals surface area contributed by atoms with E-state index in [4.69, 9.17) is 9.72 Å². The van der Waals surface area contributed by atoms with Gasteiger partial charge in [-0.1, -0.05) is 24.8 Å². The van der Waals surface area contributed by atoms with Crippen molar-refractivity contribution in [3.05, 3.63) is 40.4 Å². The Kier molecular flexibility index (Phi) is 5.14. The van der Waals surface area contributed by atoms with Gasteiger partial charge < -0.3 is 4.74 Å². The maximum absolute atomic E-state index is 5.65. The molecule has 1 unspecified atom stereocenters. The number of hydrogen-bond donors (Lipinski definition) is 0. The van der Waals surface area contributed by atoms with Gasteiger partial charge in [-0.15, -0.1) is 11.3 Å². The van der Waals surface area contributed by atoms with E-state index < -0.39 is 0 Å². The van der Waals surface area contributed by atoms with Gasteiger partial charge >= 0.3 is 0 Å². The summed E-state index contributed by atoms with van der Waals surface area (Å²) in [4.78, 5) is 15.0. The van der Waals surface area contributed by atoms with Crippen LogP contribution in [0.25, 0.3) is 6.08 Å². The van der Waals surface area contributed by atoms with Crippen LogP contribution in [0.15, 0.2) is 22.8 Å². The van der Waals surface area contributed by atoms with E-state index in [-0.39, 0.29) is 11.4 Å². The van der Waals surface area contributed by atoms with E-state index in [0.717, 1.165) is 27.8 Å². The molecule has 0 aliphatic heterocycles. The summed E-state index contributed by atoms with van der Waals surface area (Å²) >= 11 is 3.54. The molecule has 6 heteroatoms. The van der Waals surface area contributed by atoms with E-state index in [1.165, 1.54) is 4.88 Å². The van der Waals surface area contributed by atoms with E-state index in [1.807, 2.05) is 19.3 Å². The van der Waals surface area contributed by atoms with Gasteiger partial charge in [0.1, 0.15) is 6.10 Å². The van der Waals surface area contributed by atoms with E-state index >= 15 is 0 Å². The molecule has 0 spiro atoms. The number of thioether (sulfide) groups is 1. The van der Waals surface area contributed by atoms with Crippen LogP contribution in [0.2, 0.25) is 0 Å². The van der Waals surface area contributed by atoms with E-state index in [0.29, 0.717) is 5.92 Å². The standard InChI is InChI=1S/C17H21N3OS2/c1-10-5-6-13-14(7-10)23-17(20-13)22-12(3)15(21-4)16-18-8-11(2)9-19-16/h5-6,8-10,12,15H,7H2,1-4H3/t10?,12-,15-/m0/s1. The fourth-order valence-corrected chi connectivity index (χ4v) is 5.26. The molecule has 0 radical (unpaired) electrons. The largest absolute Gasteiger partial charge is 0.372 e. The summed E-state index contributed by atoms with van der Waals surface area (Å²) < 4.78 is 6.74. The Hall–Kier alpha value is -1.24. The predicted octanol–water partition coefficient (Wildman–Crippen LogP) is 4.32. The quantitative estimate of drug-likeness (QED) is 0.754. The Bertz CT molecular complexity index is 696. The zero-order valence-corrected chi connectivity index (χ0v) is 15.4. The van der Waals surface area contributed by atoms with Crippen LogP contribution in [-0.2, 0) is 11.2 Å². The molecule has 2 heterocycles. The van der Waals surface area contributed by atoms with Crippen LogP contribution in [0, 0.1) is 12.8 Å². The predicted molar refractivity (Wildman–Crippen MR) is 95.9 cm³/mol. The minimum absolute atomic E-state index is 0.143. The highest BCUT2D eigenvalue weighted by Crippen LogP contribution is 2.38. The number of fused-ring (bicyclic) bond motifs is 1. The summed E-state index contributed by atoms with van der Waals surface area (Å²) in [6.07, 6.45) is 8.99. The van der Waals surface area contributed by atoms with Crippen molar-refractivity contribution in [2.24, 2.45) is 5.92 Å². The average Bonchev–Trinajstić information content (AvgIpc) is 2.91. The molecule has 0 fully saturated rings. The van der Waals surface area contributed by atoms with Crippen molar-refractivity contribution in [2.45, 2.75) is 42.9 Å². The molecule has 4 nitrogen and oxygen atoms in total. The molecule has 122 valence electrons. The topological polar surface area (TPSA) is 47.9 Å². The van der Waals surface area contributed by atoms with E-state index in [1.54, 1.807) is 30.2 Å². The van der Waals surface area contributed by atoms with Crippen LogP contribution in [0.4, 0.5) is 0 Å². The number of ether oxygens (including phenoxy) is 1. The van der Waals surface area contributed by atoms with Crippen molar-refractivity contribution < 1.29 is 4.74 Å². The van der Waals surface area contributed by atoms with Crippen LogP contribution < -0.4 is 0 Å². The SMILES string of the molecule is CO[C@H](c1ncc(C)cn1)[C@H](C)Sc1nc2c(s1)CC(C)C=C2. The summed E-state index contributed by atoms with van der Waals surface area (Å²) in [5.41, 5.74) is 2.18. The van der Waals surface area contributed by atoms with Gasteiger partial charge in [-0.25, -0.2) is 15.0 Å². The lowest BCUT2D eigenvalue weighted by atomic mass is 10.0. The van der Waals surface area contributed by atoms with Crippen molar-refractivity contribution in [3.8, 4) is 0 Å². The highest BCUT2D eigenvalue weighted by molar-refractivity contribution is 8.01. The second-order valence-electron chi connectivity index (χ2n) is 5.93. The van der Waals surface area contributed by atoms with Gasteiger partial charge in [0.15, 0.2) is 10.2 Å². The number of hydrogen-bond acceptors (Lipinski definition) is 6. The van der Waals surface area contributed by atoms with E-state index in [9.17, 15) is 0 Å². The normalized spacial score (nSPS) is 19.4. The first kappa shape index (κ1) is 16.6. The molecule has 0 bridgehead atoms. The lowest BCUT2D eigenvalue weighted by molar-refractivity contribution is 0.0971. The maximum Gasteiger partial charge on any atom is 0.158 e. The first-order valence-corrected chi connectivity index (χ1v) is 9.42. The van der Waals surface area contributed by atoms with Crippen LogP contribution in [0.5, 0.6) is 0 Å². The molecule has 0 saturated carbocycles. The third-order valence-corrected chi connectivity index (χ3v) is 6.16. The number of methoxy groups -OCH3 is 1. The summed E-state index contributed by atoms with van der Waals surface area (Å²) in [6.45, 7) is 6.36. The van der Waals surface area contributed by atoms with E-state index in [2.05, 4.69) is 36.0 Å². The number of rotatable bonds is 5. The van der Waals surface area contributed by atoms with Crippen LogP contribution in [-0.4, -0.2) is 27.3 Å². The minimum Gasteiger partial charge on any atom is -0.372 e. The molecule has 2 aromatic heterocycles. The molecule has 3 atom stereocenters. The highest BCUT2D eigenvalue weighted by atomic mass is 32.2. The van der Waals surface area contributed by atoms with Crippen LogP contribution in [0.3, 0.4) is 0 Å². The minimum atomic E-state index is -0.143. The van der Waals surface area contributed by atoms with Crippen molar-refractivity contribution in [3.63, 3.8) is 0 Å². The Labute approximate surface area is 145 Å². The third-order valence-electron chi connectivity index (χ3n) is 3.82. The zero-order valence-electron chi connectivity index (χ0n) is 13.8. The third kappa shape index (κ3) is 3.82. The zero-order chi connectivity index (χ0) is 16.4. The van der Waals surface area contributed by atoms with Gasteiger partial charge in [0.2, 0.25) is 0 Å². The first-order valence-electron chi connectivity index (χ1n) is 7.72. The number of aromatic nitrogens is 3. The van der Waals surface area contributed by atoms with Crippen molar-refractivity contribution >= 4 is 29.2 Å². The fourth-order valence-electron chi connectivity index (χ4n) is 2.56. The lowest BCUT2D eigenvalue weighted by Gasteiger charge is -2.19. The van der Waals surface area contributed by atoms with Gasteiger partial charge in [-0.3, -0.25) is 0 Å². The summed E-state index contributed by atoms with van der Waals surface area (Å²) in [5.74, 6) is 1.33. The molecule has 0 aromatic carbocycles. The molecular weight excluding hydrogens is 326 g/mol. The van der Waals surface area contributed by atoms with Crippen molar-refractivity contribution in [1.82, 2.24) is 15.0 Å². The number of aryl methyl sites for hydroxylation is 1. The Morgan fingerprint density at radius 1 is 1.35 bits per heavy atom. The second kappa shape index (κ2) is 7.11. The Balaban J connectivity index is 1.74.